The average molecular weight is 349 g/mol. The lowest BCUT2D eigenvalue weighted by Gasteiger charge is -2.25. The van der Waals surface area contributed by atoms with Gasteiger partial charge in [-0.2, -0.15) is 28.1 Å². The topological polar surface area (TPSA) is 95.8 Å². The summed E-state index contributed by atoms with van der Waals surface area (Å²) in [5, 5.41) is 15.6. The van der Waals surface area contributed by atoms with Gasteiger partial charge < -0.3 is 16.0 Å². The molecule has 1 aromatic carbocycles. The number of rotatable bonds is 2. The fraction of sp³-hybridized carbons (Fsp3) is 0.267. The number of hydrogen-bond acceptors (Lipinski definition) is 6. The molecular weight excluding hydrogens is 335 g/mol. The van der Waals surface area contributed by atoms with Gasteiger partial charge in [-0.1, -0.05) is 12.1 Å². The van der Waals surface area contributed by atoms with Crippen LogP contribution in [0.15, 0.2) is 29.8 Å². The second kappa shape index (κ2) is 5.70. The van der Waals surface area contributed by atoms with Gasteiger partial charge in [-0.3, -0.25) is 0 Å². The molecule has 2 aromatic rings. The third-order valence-corrected chi connectivity index (χ3v) is 3.79. The van der Waals surface area contributed by atoms with Gasteiger partial charge in [0.25, 0.3) is 5.82 Å². The van der Waals surface area contributed by atoms with Crippen molar-refractivity contribution >= 4 is 17.5 Å². The zero-order valence-corrected chi connectivity index (χ0v) is 13.3. The zero-order valence-electron chi connectivity index (χ0n) is 13.3. The summed E-state index contributed by atoms with van der Waals surface area (Å²) in [5.41, 5.74) is 7.55. The summed E-state index contributed by atoms with van der Waals surface area (Å²) in [4.78, 5) is 5.35. The highest BCUT2D eigenvalue weighted by Crippen LogP contribution is 2.35. The van der Waals surface area contributed by atoms with Gasteiger partial charge in [0.2, 0.25) is 5.95 Å². The standard InChI is InChI=1S/C15H14F3N7/c1-24(2)9-5-3-8(4-6-9)11-10(7-19)12(20)25-14(21-11)22-13(23-25)15(16,17)18/h3-6,11H,20H2,1-2H3,(H,21,22,23)/t11-/m1/s1. The van der Waals surface area contributed by atoms with E-state index in [0.717, 1.165) is 10.4 Å². The van der Waals surface area contributed by atoms with Crippen LogP contribution in [-0.4, -0.2) is 28.9 Å². The molecule has 1 aliphatic heterocycles. The SMILES string of the molecule is CN(C)c1ccc([C@H]2Nc3nc(C(F)(F)F)nn3C(N)=C2C#N)cc1. The van der Waals surface area contributed by atoms with E-state index >= 15 is 0 Å². The molecule has 25 heavy (non-hydrogen) atoms. The molecule has 0 bridgehead atoms. The van der Waals surface area contributed by atoms with Crippen LogP contribution in [0.25, 0.3) is 5.82 Å². The largest absolute Gasteiger partial charge is 0.453 e. The quantitative estimate of drug-likeness (QED) is 0.863. The van der Waals surface area contributed by atoms with Crippen LogP contribution in [0, 0.1) is 11.3 Å². The molecule has 3 rings (SSSR count). The highest BCUT2D eigenvalue weighted by molar-refractivity contribution is 5.66. The maximum atomic E-state index is 12.8. The van der Waals surface area contributed by atoms with Gasteiger partial charge in [-0.05, 0) is 17.7 Å². The molecule has 1 atom stereocenters. The van der Waals surface area contributed by atoms with E-state index in [0.29, 0.717) is 5.56 Å². The van der Waals surface area contributed by atoms with Gasteiger partial charge in [0.1, 0.15) is 11.9 Å². The number of nitrogens with zero attached hydrogens (tertiary/aromatic N) is 5. The molecule has 0 unspecified atom stereocenters. The molecule has 0 radical (unpaired) electrons. The number of alkyl halides is 3. The van der Waals surface area contributed by atoms with E-state index in [1.807, 2.05) is 37.2 Å². The third-order valence-electron chi connectivity index (χ3n) is 3.79. The Hall–Kier alpha value is -3.22. The van der Waals surface area contributed by atoms with Gasteiger partial charge in [0, 0.05) is 19.8 Å². The molecule has 2 heterocycles. The normalized spacial score (nSPS) is 16.9. The first-order valence-corrected chi connectivity index (χ1v) is 7.20. The van der Waals surface area contributed by atoms with Crippen molar-refractivity contribution in [1.82, 2.24) is 14.8 Å². The van der Waals surface area contributed by atoms with Gasteiger partial charge in [0.15, 0.2) is 0 Å². The van der Waals surface area contributed by atoms with Crippen molar-refractivity contribution in [3.63, 3.8) is 0 Å². The van der Waals surface area contributed by atoms with Crippen LogP contribution >= 0.6 is 0 Å². The predicted octanol–water partition coefficient (Wildman–Crippen LogP) is 2.18. The summed E-state index contributed by atoms with van der Waals surface area (Å²) in [7, 11) is 3.77. The number of aromatic nitrogens is 3. The Morgan fingerprint density at radius 3 is 2.44 bits per heavy atom. The van der Waals surface area contributed by atoms with E-state index in [4.69, 9.17) is 5.73 Å². The zero-order chi connectivity index (χ0) is 18.4. The molecular formula is C15H14F3N7. The average Bonchev–Trinajstić information content (AvgIpc) is 2.99. The van der Waals surface area contributed by atoms with Crippen molar-refractivity contribution in [2.75, 3.05) is 24.3 Å². The number of halogens is 3. The van der Waals surface area contributed by atoms with Crippen molar-refractivity contribution in [3.8, 4) is 6.07 Å². The van der Waals surface area contributed by atoms with Gasteiger partial charge in [0.05, 0.1) is 11.6 Å². The van der Waals surface area contributed by atoms with Crippen LogP contribution in [-0.2, 0) is 6.18 Å². The lowest BCUT2D eigenvalue weighted by atomic mass is 9.98. The fourth-order valence-corrected chi connectivity index (χ4v) is 2.49. The third kappa shape index (κ3) is 2.84. The highest BCUT2D eigenvalue weighted by atomic mass is 19.4. The van der Waals surface area contributed by atoms with E-state index in [9.17, 15) is 18.4 Å². The van der Waals surface area contributed by atoms with Crippen LogP contribution in [0.3, 0.4) is 0 Å². The molecule has 0 aliphatic carbocycles. The number of fused-ring (bicyclic) bond motifs is 1. The minimum atomic E-state index is -4.71. The number of anilines is 2. The Morgan fingerprint density at radius 1 is 1.28 bits per heavy atom. The van der Waals surface area contributed by atoms with E-state index in [-0.39, 0.29) is 17.3 Å². The molecule has 1 aromatic heterocycles. The van der Waals surface area contributed by atoms with Gasteiger partial charge in [-0.15, -0.1) is 5.10 Å². The second-order valence-electron chi connectivity index (χ2n) is 5.64. The minimum absolute atomic E-state index is 0.0729. The first kappa shape index (κ1) is 16.6. The maximum Gasteiger partial charge on any atom is 0.453 e. The number of nitrogens with two attached hydrogens (primary N) is 1. The summed E-state index contributed by atoms with van der Waals surface area (Å²) in [5.74, 6) is -1.66. The molecule has 0 fully saturated rings. The second-order valence-corrected chi connectivity index (χ2v) is 5.64. The minimum Gasteiger partial charge on any atom is -0.383 e. The van der Waals surface area contributed by atoms with E-state index in [2.05, 4.69) is 15.4 Å². The van der Waals surface area contributed by atoms with E-state index in [1.54, 1.807) is 12.1 Å². The summed E-state index contributed by atoms with van der Waals surface area (Å²) < 4.78 is 39.3. The Balaban J connectivity index is 2.04. The highest BCUT2D eigenvalue weighted by Gasteiger charge is 2.39. The molecule has 10 heteroatoms. The summed E-state index contributed by atoms with van der Waals surface area (Å²) in [6, 6.07) is 8.45. The summed E-state index contributed by atoms with van der Waals surface area (Å²) in [6.45, 7) is 0. The molecule has 1 aliphatic rings. The molecule has 0 amide bonds. The van der Waals surface area contributed by atoms with Crippen molar-refractivity contribution in [2.45, 2.75) is 12.2 Å². The molecule has 0 saturated heterocycles. The first-order valence-electron chi connectivity index (χ1n) is 7.20. The van der Waals surface area contributed by atoms with Crippen molar-refractivity contribution in [2.24, 2.45) is 5.73 Å². The Labute approximate surface area is 141 Å². The Morgan fingerprint density at radius 2 is 1.92 bits per heavy atom. The summed E-state index contributed by atoms with van der Waals surface area (Å²) in [6.07, 6.45) is -4.71. The Kier molecular flexibility index (Phi) is 3.79. The van der Waals surface area contributed by atoms with Crippen LogP contribution in [0.2, 0.25) is 0 Å². The lowest BCUT2D eigenvalue weighted by Crippen LogP contribution is -2.27. The smallest absolute Gasteiger partial charge is 0.383 e. The molecule has 0 spiro atoms. The van der Waals surface area contributed by atoms with Gasteiger partial charge in [-0.25, -0.2) is 0 Å². The summed E-state index contributed by atoms with van der Waals surface area (Å²) >= 11 is 0. The fourth-order valence-electron chi connectivity index (χ4n) is 2.49. The lowest BCUT2D eigenvalue weighted by molar-refractivity contribution is -0.144. The van der Waals surface area contributed by atoms with Crippen LogP contribution in [0.1, 0.15) is 17.4 Å². The Bertz CT molecular complexity index is 872. The predicted molar refractivity (Wildman–Crippen MR) is 85.2 cm³/mol. The monoisotopic (exact) mass is 349 g/mol. The van der Waals surface area contributed by atoms with Crippen LogP contribution < -0.4 is 16.0 Å². The number of nitrogens with one attached hydrogen (secondary N) is 1. The van der Waals surface area contributed by atoms with Gasteiger partial charge >= 0.3 is 6.18 Å². The van der Waals surface area contributed by atoms with Crippen LogP contribution in [0.4, 0.5) is 24.8 Å². The molecule has 0 saturated carbocycles. The van der Waals surface area contributed by atoms with Crippen molar-refractivity contribution in [1.29, 1.82) is 5.26 Å². The maximum absolute atomic E-state index is 12.8. The molecule has 7 nitrogen and oxygen atoms in total. The number of benzene rings is 1. The molecule has 130 valence electrons. The first-order chi connectivity index (χ1) is 11.7. The van der Waals surface area contributed by atoms with Crippen molar-refractivity contribution < 1.29 is 13.2 Å². The van der Waals surface area contributed by atoms with Crippen molar-refractivity contribution in [3.05, 3.63) is 41.2 Å². The van der Waals surface area contributed by atoms with E-state index < -0.39 is 18.0 Å². The molecule has 3 N–H and O–H groups in total. The number of hydrogen-bond donors (Lipinski definition) is 2. The number of nitriles is 1. The van der Waals surface area contributed by atoms with E-state index in [1.165, 1.54) is 0 Å². The van der Waals surface area contributed by atoms with Crippen LogP contribution in [0.5, 0.6) is 0 Å².